The van der Waals surface area contributed by atoms with Crippen molar-refractivity contribution in [1.29, 1.82) is 0 Å². The Bertz CT molecular complexity index is 1470. The van der Waals surface area contributed by atoms with Gasteiger partial charge in [-0.25, -0.2) is 14.4 Å². The van der Waals surface area contributed by atoms with Crippen molar-refractivity contribution in [3.05, 3.63) is 94.5 Å². The fraction of sp³-hybridized carbons (Fsp3) is 0.219. The van der Waals surface area contributed by atoms with Crippen LogP contribution in [0.25, 0.3) is 0 Å². The molecule has 0 atom stereocenters. The molecule has 44 heavy (non-hydrogen) atoms. The van der Waals surface area contributed by atoms with E-state index in [1.54, 1.807) is 56.6 Å². The minimum Gasteiger partial charge on any atom is -0.465 e. The highest BCUT2D eigenvalue weighted by atomic mass is 35.5. The second-order valence-corrected chi connectivity index (χ2v) is 9.21. The predicted molar refractivity (Wildman–Crippen MR) is 173 cm³/mol. The van der Waals surface area contributed by atoms with Crippen molar-refractivity contribution >= 4 is 54.3 Å². The van der Waals surface area contributed by atoms with Gasteiger partial charge in [0.05, 0.1) is 12.7 Å². The number of amides is 2. The number of esters is 1. The first-order valence-electron chi connectivity index (χ1n) is 12.8. The van der Waals surface area contributed by atoms with Crippen molar-refractivity contribution in [1.82, 2.24) is 9.80 Å². The number of nitrogens with zero attached hydrogens (tertiary/aromatic N) is 2. The summed E-state index contributed by atoms with van der Waals surface area (Å²) in [6.07, 6.45) is -1.09. The van der Waals surface area contributed by atoms with Crippen LogP contribution in [0.15, 0.2) is 66.7 Å². The summed E-state index contributed by atoms with van der Waals surface area (Å²) >= 11 is 0. The van der Waals surface area contributed by atoms with Gasteiger partial charge in [0.25, 0.3) is 0 Å². The number of hydrogen-bond donors (Lipinski definition) is 2. The van der Waals surface area contributed by atoms with Gasteiger partial charge in [0.1, 0.15) is 0 Å². The predicted octanol–water partition coefficient (Wildman–Crippen LogP) is 4.72. The number of rotatable bonds is 7. The molecule has 12 heteroatoms. The lowest BCUT2D eigenvalue weighted by atomic mass is 10.1. The van der Waals surface area contributed by atoms with E-state index in [0.29, 0.717) is 35.6 Å². The standard InChI is InChI=1S/C32H32N4O6.2ClH/c1-35(21-25-8-4-12-28(33)19-25)31(38)41-14-6-10-23-16-24(18-27(17-23)30(37)40-3)11-7-15-42-32(39)36(2)22-26-9-5-13-29(34)20-26;;/h4-5,8-9,12-13,16-20H,14-15,21-22,33-34H2,1-3H3;2*1H. The minimum absolute atomic E-state index is 0. The molecule has 0 saturated heterocycles. The summed E-state index contributed by atoms with van der Waals surface area (Å²) in [5.41, 5.74) is 15.7. The summed E-state index contributed by atoms with van der Waals surface area (Å²) in [4.78, 5) is 39.6. The van der Waals surface area contributed by atoms with Crippen LogP contribution < -0.4 is 11.5 Å². The number of carbonyl (C=O) groups excluding carboxylic acids is 3. The van der Waals surface area contributed by atoms with Crippen molar-refractivity contribution < 1.29 is 28.6 Å². The molecule has 3 aromatic rings. The van der Waals surface area contributed by atoms with Crippen LogP contribution in [0, 0.1) is 23.7 Å². The number of nitrogens with two attached hydrogens (primary N) is 2. The van der Waals surface area contributed by atoms with Crippen molar-refractivity contribution in [3.8, 4) is 23.7 Å². The van der Waals surface area contributed by atoms with Crippen LogP contribution in [0.4, 0.5) is 21.0 Å². The third-order valence-electron chi connectivity index (χ3n) is 5.72. The maximum Gasteiger partial charge on any atom is 0.410 e. The second kappa shape index (κ2) is 18.5. The Morgan fingerprint density at radius 2 is 1.14 bits per heavy atom. The first-order chi connectivity index (χ1) is 20.1. The summed E-state index contributed by atoms with van der Waals surface area (Å²) in [6.45, 7) is 0.327. The Kier molecular flexibility index (Phi) is 15.6. The quantitative estimate of drug-likeness (QED) is 0.164. The lowest BCUT2D eigenvalue weighted by Gasteiger charge is -2.16. The van der Waals surface area contributed by atoms with E-state index in [1.165, 1.54) is 16.9 Å². The van der Waals surface area contributed by atoms with Crippen LogP contribution in [0.1, 0.15) is 32.6 Å². The molecule has 0 aliphatic heterocycles. The van der Waals surface area contributed by atoms with E-state index in [0.717, 1.165) is 11.1 Å². The van der Waals surface area contributed by atoms with Gasteiger partial charge in [-0.05, 0) is 53.6 Å². The van der Waals surface area contributed by atoms with Crippen molar-refractivity contribution in [3.63, 3.8) is 0 Å². The third kappa shape index (κ3) is 12.1. The summed E-state index contributed by atoms with van der Waals surface area (Å²) in [6, 6.07) is 19.2. The van der Waals surface area contributed by atoms with Crippen LogP contribution >= 0.6 is 24.8 Å². The molecule has 3 aromatic carbocycles. The smallest absolute Gasteiger partial charge is 0.410 e. The van der Waals surface area contributed by atoms with Gasteiger partial charge in [0, 0.05) is 49.7 Å². The first kappa shape index (κ1) is 37.0. The number of ether oxygens (including phenoxy) is 3. The van der Waals surface area contributed by atoms with Crippen LogP contribution in [0.5, 0.6) is 0 Å². The second-order valence-electron chi connectivity index (χ2n) is 9.21. The SMILES string of the molecule is COC(=O)c1cc(C#CCOC(=O)N(C)Cc2cccc(N)c2)cc(C#CCOC(=O)N(C)Cc2cccc(N)c2)c1.Cl.Cl. The molecule has 3 rings (SSSR count). The third-order valence-corrected chi connectivity index (χ3v) is 5.72. The Morgan fingerprint density at radius 3 is 1.52 bits per heavy atom. The normalized spacial score (nSPS) is 9.34. The maximum atomic E-state index is 12.3. The van der Waals surface area contributed by atoms with E-state index in [-0.39, 0.29) is 43.6 Å². The minimum atomic E-state index is -0.564. The Hall–Kier alpha value is -5.03. The molecular formula is C32H34Cl2N4O6. The fourth-order valence-electron chi connectivity index (χ4n) is 3.76. The number of methoxy groups -OCH3 is 1. The molecule has 2 amide bonds. The number of anilines is 2. The number of nitrogen functional groups attached to an aromatic ring is 2. The van der Waals surface area contributed by atoms with Gasteiger partial charge < -0.3 is 35.5 Å². The largest absolute Gasteiger partial charge is 0.465 e. The molecule has 0 fully saturated rings. The van der Waals surface area contributed by atoms with E-state index in [2.05, 4.69) is 23.7 Å². The van der Waals surface area contributed by atoms with Crippen LogP contribution in [-0.4, -0.2) is 62.4 Å². The van der Waals surface area contributed by atoms with Crippen LogP contribution in [-0.2, 0) is 27.3 Å². The molecule has 0 aliphatic rings. The molecule has 0 heterocycles. The van der Waals surface area contributed by atoms with Gasteiger partial charge in [-0.1, -0.05) is 47.9 Å². The average molecular weight is 642 g/mol. The molecule has 0 aromatic heterocycles. The Labute approximate surface area is 269 Å². The van der Waals surface area contributed by atoms with E-state index in [9.17, 15) is 14.4 Å². The number of benzene rings is 3. The first-order valence-corrected chi connectivity index (χ1v) is 12.8. The lowest BCUT2D eigenvalue weighted by Crippen LogP contribution is -2.27. The molecule has 10 nitrogen and oxygen atoms in total. The fourth-order valence-corrected chi connectivity index (χ4v) is 3.76. The highest BCUT2D eigenvalue weighted by molar-refractivity contribution is 5.90. The van der Waals surface area contributed by atoms with Crippen molar-refractivity contribution in [2.24, 2.45) is 0 Å². The number of carbonyl (C=O) groups is 3. The van der Waals surface area contributed by atoms with Gasteiger partial charge in [0.15, 0.2) is 13.2 Å². The molecule has 0 saturated carbocycles. The molecule has 0 unspecified atom stereocenters. The summed E-state index contributed by atoms with van der Waals surface area (Å²) in [7, 11) is 4.49. The van der Waals surface area contributed by atoms with E-state index < -0.39 is 18.2 Å². The van der Waals surface area contributed by atoms with E-state index in [1.807, 2.05) is 24.3 Å². The summed E-state index contributed by atoms with van der Waals surface area (Å²) in [5.74, 6) is 10.7. The molecule has 0 radical (unpaired) electrons. The van der Waals surface area contributed by atoms with Crippen LogP contribution in [0.3, 0.4) is 0 Å². The van der Waals surface area contributed by atoms with Gasteiger partial charge in [-0.15, -0.1) is 24.8 Å². The van der Waals surface area contributed by atoms with Gasteiger partial charge >= 0.3 is 18.2 Å². The highest BCUT2D eigenvalue weighted by Crippen LogP contribution is 2.12. The zero-order chi connectivity index (χ0) is 30.5. The molecular weight excluding hydrogens is 607 g/mol. The molecule has 0 bridgehead atoms. The number of halogens is 2. The monoisotopic (exact) mass is 640 g/mol. The van der Waals surface area contributed by atoms with Gasteiger partial charge in [-0.2, -0.15) is 0 Å². The molecule has 0 aliphatic carbocycles. The van der Waals surface area contributed by atoms with Crippen molar-refractivity contribution in [2.75, 3.05) is 45.9 Å². The van der Waals surface area contributed by atoms with Gasteiger partial charge in [-0.3, -0.25) is 0 Å². The Balaban J connectivity index is 0.00000484. The van der Waals surface area contributed by atoms with Crippen molar-refractivity contribution in [2.45, 2.75) is 13.1 Å². The zero-order valence-corrected chi connectivity index (χ0v) is 26.1. The summed E-state index contributed by atoms with van der Waals surface area (Å²) in [5, 5.41) is 0. The molecule has 4 N–H and O–H groups in total. The summed E-state index contributed by atoms with van der Waals surface area (Å²) < 4.78 is 15.3. The highest BCUT2D eigenvalue weighted by Gasteiger charge is 2.12. The Morgan fingerprint density at radius 1 is 0.705 bits per heavy atom. The van der Waals surface area contributed by atoms with Crippen LogP contribution in [0.2, 0.25) is 0 Å². The average Bonchev–Trinajstić information content (AvgIpc) is 2.96. The maximum absolute atomic E-state index is 12.3. The van der Waals surface area contributed by atoms with E-state index >= 15 is 0 Å². The topological polar surface area (TPSA) is 137 Å². The van der Waals surface area contributed by atoms with Gasteiger partial charge in [0.2, 0.25) is 0 Å². The zero-order valence-electron chi connectivity index (χ0n) is 24.5. The molecule has 232 valence electrons. The molecule has 0 spiro atoms. The van der Waals surface area contributed by atoms with E-state index in [4.69, 9.17) is 25.7 Å². The lowest BCUT2D eigenvalue weighted by molar-refractivity contribution is 0.0600. The number of hydrogen-bond acceptors (Lipinski definition) is 8.